The van der Waals surface area contributed by atoms with Crippen LogP contribution >= 0.6 is 0 Å². The smallest absolute Gasteiger partial charge is 0.0620 e. The first-order valence-corrected chi connectivity index (χ1v) is 6.16. The van der Waals surface area contributed by atoms with Crippen molar-refractivity contribution in [3.8, 4) is 0 Å². The minimum Gasteiger partial charge on any atom is -0.379 e. The lowest BCUT2D eigenvalue weighted by atomic mass is 10.0. The van der Waals surface area contributed by atoms with Crippen molar-refractivity contribution in [2.24, 2.45) is 5.92 Å². The molecule has 1 aliphatic rings. The summed E-state index contributed by atoms with van der Waals surface area (Å²) in [5, 5.41) is 7.12. The van der Waals surface area contributed by atoms with Crippen molar-refractivity contribution in [2.45, 2.75) is 52.2 Å². The standard InChI is InChI=1S/C12H26N2O/c1-9(2)11(4)14-10(3)7-12-8-15-6-5-13-12/h9-14H,5-8H2,1-4H3. The van der Waals surface area contributed by atoms with Crippen LogP contribution in [0.4, 0.5) is 0 Å². The molecule has 0 saturated carbocycles. The lowest BCUT2D eigenvalue weighted by Crippen LogP contribution is -2.47. The van der Waals surface area contributed by atoms with Crippen LogP contribution in [-0.4, -0.2) is 37.9 Å². The van der Waals surface area contributed by atoms with Crippen molar-refractivity contribution in [1.29, 1.82) is 0 Å². The fourth-order valence-corrected chi connectivity index (χ4v) is 1.91. The normalized spacial score (nSPS) is 26.6. The van der Waals surface area contributed by atoms with E-state index in [1.165, 1.54) is 0 Å². The van der Waals surface area contributed by atoms with Crippen LogP contribution in [0, 0.1) is 5.92 Å². The molecule has 0 bridgehead atoms. The van der Waals surface area contributed by atoms with Gasteiger partial charge in [0.05, 0.1) is 13.2 Å². The number of hydrogen-bond donors (Lipinski definition) is 2. The zero-order chi connectivity index (χ0) is 11.3. The molecule has 1 saturated heterocycles. The fraction of sp³-hybridized carbons (Fsp3) is 1.00. The highest BCUT2D eigenvalue weighted by Gasteiger charge is 2.17. The van der Waals surface area contributed by atoms with Crippen LogP contribution in [0.2, 0.25) is 0 Å². The Balaban J connectivity index is 2.19. The zero-order valence-electron chi connectivity index (χ0n) is 10.5. The Labute approximate surface area is 94.0 Å². The number of nitrogens with one attached hydrogen (secondary N) is 2. The van der Waals surface area contributed by atoms with Gasteiger partial charge < -0.3 is 15.4 Å². The average molecular weight is 214 g/mol. The van der Waals surface area contributed by atoms with Crippen LogP contribution in [0.25, 0.3) is 0 Å². The molecule has 3 unspecified atom stereocenters. The summed E-state index contributed by atoms with van der Waals surface area (Å²) in [6.45, 7) is 11.7. The number of ether oxygens (including phenoxy) is 1. The maximum absolute atomic E-state index is 5.45. The van der Waals surface area contributed by atoms with Crippen LogP contribution < -0.4 is 10.6 Å². The van der Waals surface area contributed by atoms with Gasteiger partial charge in [0.15, 0.2) is 0 Å². The molecule has 3 heteroatoms. The Kier molecular flexibility index (Phi) is 5.58. The van der Waals surface area contributed by atoms with E-state index in [4.69, 9.17) is 4.74 Å². The molecule has 1 fully saturated rings. The Bertz CT molecular complexity index is 167. The minimum atomic E-state index is 0.528. The van der Waals surface area contributed by atoms with E-state index in [9.17, 15) is 0 Å². The Morgan fingerprint density at radius 3 is 2.60 bits per heavy atom. The predicted molar refractivity (Wildman–Crippen MR) is 64.1 cm³/mol. The molecule has 0 aliphatic carbocycles. The molecule has 1 rings (SSSR count). The van der Waals surface area contributed by atoms with Gasteiger partial charge in [-0.2, -0.15) is 0 Å². The van der Waals surface area contributed by atoms with E-state index < -0.39 is 0 Å². The molecule has 0 radical (unpaired) electrons. The van der Waals surface area contributed by atoms with Crippen molar-refractivity contribution in [1.82, 2.24) is 10.6 Å². The molecule has 0 aromatic rings. The lowest BCUT2D eigenvalue weighted by molar-refractivity contribution is 0.0706. The van der Waals surface area contributed by atoms with Crippen molar-refractivity contribution in [3.63, 3.8) is 0 Å². The largest absolute Gasteiger partial charge is 0.379 e. The van der Waals surface area contributed by atoms with Crippen LogP contribution in [0.1, 0.15) is 34.1 Å². The highest BCUT2D eigenvalue weighted by atomic mass is 16.5. The molecule has 90 valence electrons. The van der Waals surface area contributed by atoms with Gasteiger partial charge in [0.2, 0.25) is 0 Å². The summed E-state index contributed by atoms with van der Waals surface area (Å²) in [6, 6.07) is 1.67. The second kappa shape index (κ2) is 6.46. The first-order chi connectivity index (χ1) is 7.09. The summed E-state index contributed by atoms with van der Waals surface area (Å²) in [5.74, 6) is 0.697. The van der Waals surface area contributed by atoms with Crippen molar-refractivity contribution >= 4 is 0 Å². The van der Waals surface area contributed by atoms with Crippen molar-refractivity contribution in [2.75, 3.05) is 19.8 Å². The van der Waals surface area contributed by atoms with Gasteiger partial charge in [-0.25, -0.2) is 0 Å². The summed E-state index contributed by atoms with van der Waals surface area (Å²) in [5.41, 5.74) is 0. The fourth-order valence-electron chi connectivity index (χ4n) is 1.91. The zero-order valence-corrected chi connectivity index (χ0v) is 10.5. The van der Waals surface area contributed by atoms with Gasteiger partial charge in [-0.3, -0.25) is 0 Å². The quantitative estimate of drug-likeness (QED) is 0.725. The summed E-state index contributed by atoms with van der Waals surface area (Å²) >= 11 is 0. The summed E-state index contributed by atoms with van der Waals surface area (Å²) in [6.07, 6.45) is 1.15. The summed E-state index contributed by atoms with van der Waals surface area (Å²) in [4.78, 5) is 0. The van der Waals surface area contributed by atoms with Crippen LogP contribution in [-0.2, 0) is 4.74 Å². The summed E-state index contributed by atoms with van der Waals surface area (Å²) in [7, 11) is 0. The third kappa shape index (κ3) is 4.96. The van der Waals surface area contributed by atoms with E-state index in [2.05, 4.69) is 38.3 Å². The Hall–Kier alpha value is -0.120. The van der Waals surface area contributed by atoms with Gasteiger partial charge in [-0.05, 0) is 26.2 Å². The molecular weight excluding hydrogens is 188 g/mol. The number of rotatable bonds is 5. The highest BCUT2D eigenvalue weighted by molar-refractivity contribution is 4.78. The second-order valence-electron chi connectivity index (χ2n) is 5.06. The Morgan fingerprint density at radius 2 is 2.07 bits per heavy atom. The number of morpholine rings is 1. The Morgan fingerprint density at radius 1 is 1.33 bits per heavy atom. The monoisotopic (exact) mass is 214 g/mol. The van der Waals surface area contributed by atoms with E-state index in [-0.39, 0.29) is 0 Å². The SMILES string of the molecule is CC(CC1COCCN1)NC(C)C(C)C. The maximum Gasteiger partial charge on any atom is 0.0620 e. The lowest BCUT2D eigenvalue weighted by Gasteiger charge is -2.29. The van der Waals surface area contributed by atoms with E-state index in [0.29, 0.717) is 24.0 Å². The first-order valence-electron chi connectivity index (χ1n) is 6.16. The van der Waals surface area contributed by atoms with E-state index >= 15 is 0 Å². The van der Waals surface area contributed by atoms with Gasteiger partial charge in [-0.1, -0.05) is 13.8 Å². The van der Waals surface area contributed by atoms with Crippen LogP contribution in [0.3, 0.4) is 0 Å². The van der Waals surface area contributed by atoms with Crippen molar-refractivity contribution < 1.29 is 4.74 Å². The molecule has 3 atom stereocenters. The van der Waals surface area contributed by atoms with Gasteiger partial charge >= 0.3 is 0 Å². The summed E-state index contributed by atoms with van der Waals surface area (Å²) < 4.78 is 5.45. The van der Waals surface area contributed by atoms with Gasteiger partial charge in [0, 0.05) is 24.7 Å². The maximum atomic E-state index is 5.45. The third-order valence-corrected chi connectivity index (χ3v) is 3.18. The van der Waals surface area contributed by atoms with Crippen molar-refractivity contribution in [3.05, 3.63) is 0 Å². The highest BCUT2D eigenvalue weighted by Crippen LogP contribution is 2.06. The molecule has 1 heterocycles. The molecule has 3 nitrogen and oxygen atoms in total. The van der Waals surface area contributed by atoms with Gasteiger partial charge in [0.1, 0.15) is 0 Å². The number of hydrogen-bond acceptors (Lipinski definition) is 3. The topological polar surface area (TPSA) is 33.3 Å². The van der Waals surface area contributed by atoms with E-state index in [1.807, 2.05) is 0 Å². The average Bonchev–Trinajstić information content (AvgIpc) is 2.18. The molecule has 0 aromatic carbocycles. The molecule has 0 spiro atoms. The minimum absolute atomic E-state index is 0.528. The van der Waals surface area contributed by atoms with Gasteiger partial charge in [0.25, 0.3) is 0 Å². The molecular formula is C12H26N2O. The molecule has 1 aliphatic heterocycles. The van der Waals surface area contributed by atoms with Gasteiger partial charge in [-0.15, -0.1) is 0 Å². The van der Waals surface area contributed by atoms with E-state index in [0.717, 1.165) is 26.2 Å². The first kappa shape index (κ1) is 12.9. The van der Waals surface area contributed by atoms with Crippen LogP contribution in [0.5, 0.6) is 0 Å². The third-order valence-electron chi connectivity index (χ3n) is 3.18. The second-order valence-corrected chi connectivity index (χ2v) is 5.06. The van der Waals surface area contributed by atoms with E-state index in [1.54, 1.807) is 0 Å². The molecule has 2 N–H and O–H groups in total. The molecule has 0 aromatic heterocycles. The predicted octanol–water partition coefficient (Wildman–Crippen LogP) is 1.39. The van der Waals surface area contributed by atoms with Crippen LogP contribution in [0.15, 0.2) is 0 Å². The molecule has 15 heavy (non-hydrogen) atoms. The molecule has 0 amide bonds.